The summed E-state index contributed by atoms with van der Waals surface area (Å²) in [6.07, 6.45) is 1.28. The van der Waals surface area contributed by atoms with Gasteiger partial charge in [0.1, 0.15) is 24.5 Å². The van der Waals surface area contributed by atoms with E-state index in [2.05, 4.69) is 0 Å². The number of hydrogen-bond donors (Lipinski definition) is 0. The molecule has 0 saturated heterocycles. The molecule has 1 aromatic rings. The van der Waals surface area contributed by atoms with Gasteiger partial charge in [-0.25, -0.2) is 4.39 Å². The molecule has 1 unspecified atom stereocenters. The second-order valence-corrected chi connectivity index (χ2v) is 3.90. The maximum Gasteiger partial charge on any atom is 0.172 e. The summed E-state index contributed by atoms with van der Waals surface area (Å²) in [6, 6.07) is 3.66. The molecule has 0 aliphatic rings. The molecule has 0 fully saturated rings. The van der Waals surface area contributed by atoms with Crippen LogP contribution in [0.15, 0.2) is 18.2 Å². The number of ketones is 1. The highest BCUT2D eigenvalue weighted by atomic mass is 19.1. The summed E-state index contributed by atoms with van der Waals surface area (Å²) in [5.74, 6) is -0.470. The van der Waals surface area contributed by atoms with Gasteiger partial charge in [-0.05, 0) is 18.6 Å². The lowest BCUT2D eigenvalue weighted by Crippen LogP contribution is -2.18. The fourth-order valence-corrected chi connectivity index (χ4v) is 1.26. The van der Waals surface area contributed by atoms with E-state index in [1.165, 1.54) is 6.07 Å². The zero-order chi connectivity index (χ0) is 12.8. The zero-order valence-corrected chi connectivity index (χ0v) is 9.90. The van der Waals surface area contributed by atoms with Crippen LogP contribution in [0.1, 0.15) is 30.6 Å². The quantitative estimate of drug-likeness (QED) is 0.715. The normalized spacial score (nSPS) is 11.9. The monoisotopic (exact) mass is 238 g/mol. The Bertz CT molecular complexity index is 415. The number of rotatable bonds is 6. The van der Waals surface area contributed by atoms with Crippen LogP contribution in [0.4, 0.5) is 4.39 Å². The van der Waals surface area contributed by atoms with E-state index in [0.717, 1.165) is 18.6 Å². The van der Waals surface area contributed by atoms with Gasteiger partial charge in [0.05, 0.1) is 0 Å². The van der Waals surface area contributed by atoms with Crippen molar-refractivity contribution in [3.8, 4) is 5.75 Å². The van der Waals surface area contributed by atoms with Crippen LogP contribution in [0, 0.1) is 11.7 Å². The number of hydrogen-bond acceptors (Lipinski definition) is 3. The summed E-state index contributed by atoms with van der Waals surface area (Å²) < 4.78 is 18.2. The Hall–Kier alpha value is -1.71. The van der Waals surface area contributed by atoms with Crippen LogP contribution < -0.4 is 4.74 Å². The average molecular weight is 238 g/mol. The lowest BCUT2D eigenvalue weighted by Gasteiger charge is -2.09. The minimum Gasteiger partial charge on any atom is -0.486 e. The first-order valence-corrected chi connectivity index (χ1v) is 5.48. The maximum atomic E-state index is 13.0. The highest BCUT2D eigenvalue weighted by molar-refractivity contribution is 5.82. The van der Waals surface area contributed by atoms with Crippen molar-refractivity contribution in [3.63, 3.8) is 0 Å². The molecular formula is C13H15FO3. The van der Waals surface area contributed by atoms with Crippen molar-refractivity contribution in [1.82, 2.24) is 0 Å². The molecule has 0 aliphatic carbocycles. The molecule has 0 aliphatic heterocycles. The van der Waals surface area contributed by atoms with E-state index < -0.39 is 5.82 Å². The van der Waals surface area contributed by atoms with Gasteiger partial charge in [0.2, 0.25) is 0 Å². The summed E-state index contributed by atoms with van der Waals surface area (Å²) in [5.41, 5.74) is 0.191. The Kier molecular flexibility index (Phi) is 4.82. The van der Waals surface area contributed by atoms with Crippen LogP contribution >= 0.6 is 0 Å². The van der Waals surface area contributed by atoms with E-state index in [0.29, 0.717) is 6.29 Å². The average Bonchev–Trinajstić information content (AvgIpc) is 2.34. The molecule has 92 valence electrons. The van der Waals surface area contributed by atoms with E-state index in [1.54, 1.807) is 0 Å². The lowest BCUT2D eigenvalue weighted by atomic mass is 10.0. The molecule has 17 heavy (non-hydrogen) atoms. The highest BCUT2D eigenvalue weighted by Gasteiger charge is 2.11. The predicted octanol–water partition coefficient (Wildman–Crippen LogP) is 2.63. The standard InChI is InChI=1S/C13H15FO3/c1-3-9(2)13(16)8-17-12-5-10(7-15)4-11(14)6-12/h4-7,9H,3,8H2,1-2H3. The molecule has 1 aromatic carbocycles. The van der Waals surface area contributed by atoms with Gasteiger partial charge in [0.25, 0.3) is 0 Å². The summed E-state index contributed by atoms with van der Waals surface area (Å²) in [7, 11) is 0. The number of Topliss-reactive ketones (excluding diaryl/α,β-unsaturated/α-hetero) is 1. The van der Waals surface area contributed by atoms with Crippen molar-refractivity contribution < 1.29 is 18.7 Å². The van der Waals surface area contributed by atoms with Gasteiger partial charge < -0.3 is 4.74 Å². The summed E-state index contributed by atoms with van der Waals surface area (Å²) in [5, 5.41) is 0. The van der Waals surface area contributed by atoms with Crippen molar-refractivity contribution >= 4 is 12.1 Å². The molecule has 0 amide bonds. The molecule has 3 nitrogen and oxygen atoms in total. The minimum absolute atomic E-state index is 0.0376. The minimum atomic E-state index is -0.555. The van der Waals surface area contributed by atoms with Crippen LogP contribution in [0.25, 0.3) is 0 Å². The van der Waals surface area contributed by atoms with E-state index in [1.807, 2.05) is 13.8 Å². The number of ether oxygens (including phenoxy) is 1. The molecular weight excluding hydrogens is 223 g/mol. The summed E-state index contributed by atoms with van der Waals surface area (Å²) >= 11 is 0. The fraction of sp³-hybridized carbons (Fsp3) is 0.385. The van der Waals surface area contributed by atoms with E-state index in [-0.39, 0.29) is 29.6 Å². The first kappa shape index (κ1) is 13.4. The second kappa shape index (κ2) is 6.13. The topological polar surface area (TPSA) is 43.4 Å². The lowest BCUT2D eigenvalue weighted by molar-refractivity contribution is -0.124. The summed E-state index contributed by atoms with van der Waals surface area (Å²) in [6.45, 7) is 3.63. The number of benzene rings is 1. The molecule has 0 saturated carbocycles. The van der Waals surface area contributed by atoms with Gasteiger partial charge in [-0.1, -0.05) is 13.8 Å². The van der Waals surface area contributed by atoms with Crippen molar-refractivity contribution in [2.24, 2.45) is 5.92 Å². The highest BCUT2D eigenvalue weighted by Crippen LogP contribution is 2.16. The molecule has 0 spiro atoms. The Morgan fingerprint density at radius 3 is 2.76 bits per heavy atom. The van der Waals surface area contributed by atoms with Crippen LogP contribution in [0.2, 0.25) is 0 Å². The van der Waals surface area contributed by atoms with Gasteiger partial charge in [0.15, 0.2) is 5.78 Å². The van der Waals surface area contributed by atoms with Gasteiger partial charge in [0, 0.05) is 17.5 Å². The maximum absolute atomic E-state index is 13.0. The van der Waals surface area contributed by atoms with Gasteiger partial charge in [-0.15, -0.1) is 0 Å². The Labute approximate surface area is 99.6 Å². The molecule has 0 heterocycles. The van der Waals surface area contributed by atoms with E-state index in [4.69, 9.17) is 4.74 Å². The third-order valence-electron chi connectivity index (χ3n) is 2.57. The summed E-state index contributed by atoms with van der Waals surface area (Å²) in [4.78, 5) is 22.0. The van der Waals surface area contributed by atoms with Crippen molar-refractivity contribution in [3.05, 3.63) is 29.6 Å². The van der Waals surface area contributed by atoms with Crippen molar-refractivity contribution in [2.75, 3.05) is 6.61 Å². The molecule has 0 N–H and O–H groups in total. The Morgan fingerprint density at radius 1 is 1.47 bits per heavy atom. The molecule has 1 atom stereocenters. The van der Waals surface area contributed by atoms with Gasteiger partial charge >= 0.3 is 0 Å². The smallest absolute Gasteiger partial charge is 0.172 e. The van der Waals surface area contributed by atoms with Crippen LogP contribution in [-0.2, 0) is 4.79 Å². The van der Waals surface area contributed by atoms with Gasteiger partial charge in [-0.2, -0.15) is 0 Å². The predicted molar refractivity (Wildman–Crippen MR) is 61.7 cm³/mol. The van der Waals surface area contributed by atoms with Crippen LogP contribution in [-0.4, -0.2) is 18.7 Å². The zero-order valence-electron chi connectivity index (χ0n) is 9.90. The third kappa shape index (κ3) is 3.98. The molecule has 0 bridgehead atoms. The molecule has 0 radical (unpaired) electrons. The van der Waals surface area contributed by atoms with Crippen molar-refractivity contribution in [2.45, 2.75) is 20.3 Å². The van der Waals surface area contributed by atoms with E-state index >= 15 is 0 Å². The largest absolute Gasteiger partial charge is 0.486 e. The Balaban J connectivity index is 2.66. The SMILES string of the molecule is CCC(C)C(=O)COc1cc(F)cc(C=O)c1. The molecule has 0 aromatic heterocycles. The molecule has 1 rings (SSSR count). The second-order valence-electron chi connectivity index (χ2n) is 3.90. The van der Waals surface area contributed by atoms with Gasteiger partial charge in [-0.3, -0.25) is 9.59 Å². The first-order valence-electron chi connectivity index (χ1n) is 5.48. The number of halogens is 1. The van der Waals surface area contributed by atoms with Crippen molar-refractivity contribution in [1.29, 1.82) is 0 Å². The van der Waals surface area contributed by atoms with E-state index in [9.17, 15) is 14.0 Å². The molecule has 4 heteroatoms. The Morgan fingerprint density at radius 2 is 2.18 bits per heavy atom. The fourth-order valence-electron chi connectivity index (χ4n) is 1.26. The number of carbonyl (C=O) groups is 2. The third-order valence-corrected chi connectivity index (χ3v) is 2.57. The number of aldehydes is 1. The van der Waals surface area contributed by atoms with Crippen LogP contribution in [0.3, 0.4) is 0 Å². The number of carbonyl (C=O) groups excluding carboxylic acids is 2. The first-order chi connectivity index (χ1) is 8.06. The van der Waals surface area contributed by atoms with Crippen LogP contribution in [0.5, 0.6) is 5.75 Å².